The fourth-order valence-electron chi connectivity index (χ4n) is 8.14. The number of para-hydroxylation sites is 4. The molecule has 4 heterocycles. The minimum absolute atomic E-state index is 0.000609. The first-order valence-electron chi connectivity index (χ1n) is 15.6. The topological polar surface area (TPSA) is 15.7 Å². The highest BCUT2D eigenvalue weighted by molar-refractivity contribution is 7.99. The van der Waals surface area contributed by atoms with E-state index in [4.69, 9.17) is 4.74 Å². The predicted molar refractivity (Wildman–Crippen MR) is 188 cm³/mol. The largest absolute Gasteiger partial charge is 0.455 e. The van der Waals surface area contributed by atoms with E-state index in [-0.39, 0.29) is 12.3 Å². The number of aryl methyl sites for hydroxylation is 1. The van der Waals surface area contributed by atoms with Crippen molar-refractivity contribution in [3.05, 3.63) is 138 Å². The molecule has 6 aromatic carbocycles. The van der Waals surface area contributed by atoms with Crippen LogP contribution in [-0.4, -0.2) is 6.85 Å². The number of hydrogen-bond acceptors (Lipinski definition) is 4. The molecule has 0 saturated heterocycles. The second-order valence-electron chi connectivity index (χ2n) is 13.0. The third kappa shape index (κ3) is 3.34. The Morgan fingerprint density at radius 1 is 0.644 bits per heavy atom. The molecule has 0 N–H and O–H groups in total. The molecule has 4 aliphatic heterocycles. The van der Waals surface area contributed by atoms with Crippen LogP contribution in [0.25, 0.3) is 11.1 Å². The molecule has 0 amide bonds. The summed E-state index contributed by atoms with van der Waals surface area (Å²) >= 11 is 1.80. The zero-order valence-corrected chi connectivity index (χ0v) is 26.2. The lowest BCUT2D eigenvalue weighted by molar-refractivity contribution is 0.455. The smallest absolute Gasteiger partial charge is 0.333 e. The molecule has 0 bridgehead atoms. The number of hydrogen-bond donors (Lipinski definition) is 0. The lowest BCUT2D eigenvalue weighted by Crippen LogP contribution is -2.62. The van der Waals surface area contributed by atoms with Crippen molar-refractivity contribution in [1.29, 1.82) is 0 Å². The fraction of sp³-hybridized carbons (Fsp3) is 0.100. The Labute approximate surface area is 268 Å². The molecule has 0 unspecified atom stereocenters. The van der Waals surface area contributed by atoms with Crippen molar-refractivity contribution in [2.45, 2.75) is 36.0 Å². The summed E-state index contributed by atoms with van der Waals surface area (Å²) in [5.41, 5.74) is 15.3. The van der Waals surface area contributed by atoms with Gasteiger partial charge in [0.1, 0.15) is 11.5 Å². The summed E-state index contributed by atoms with van der Waals surface area (Å²) in [6.45, 7) is 6.99. The van der Waals surface area contributed by atoms with Gasteiger partial charge < -0.3 is 14.4 Å². The lowest BCUT2D eigenvalue weighted by atomic mass is 9.42. The van der Waals surface area contributed by atoms with E-state index in [1.165, 1.54) is 67.2 Å². The Balaban J connectivity index is 1.32. The van der Waals surface area contributed by atoms with Gasteiger partial charge in [-0.25, -0.2) is 0 Å². The zero-order chi connectivity index (χ0) is 30.0. The SMILES string of the molecule is Cc1cc2c3c(c1)N1c4ccccc4C(C)(C)c4cccc(c41)B3N(c1ccccc1)c1cc3c(cc1-2)Sc1ccccc1O3. The van der Waals surface area contributed by atoms with E-state index in [0.29, 0.717) is 0 Å². The van der Waals surface area contributed by atoms with E-state index < -0.39 is 0 Å². The Kier molecular flexibility index (Phi) is 5.01. The highest BCUT2D eigenvalue weighted by Gasteiger charge is 2.49. The number of nitrogens with zero attached hydrogens (tertiary/aromatic N) is 2. The summed E-state index contributed by atoms with van der Waals surface area (Å²) in [6, 6.07) is 44.6. The third-order valence-corrected chi connectivity index (χ3v) is 11.2. The average Bonchev–Trinajstić information content (AvgIpc) is 3.06. The van der Waals surface area contributed by atoms with Crippen LogP contribution in [0.1, 0.15) is 30.5 Å². The second kappa shape index (κ2) is 8.86. The molecule has 0 radical (unpaired) electrons. The van der Waals surface area contributed by atoms with Gasteiger partial charge in [0.25, 0.3) is 0 Å². The molecular formula is C40H29BN2OS. The number of anilines is 5. The molecule has 45 heavy (non-hydrogen) atoms. The van der Waals surface area contributed by atoms with E-state index in [2.05, 4.69) is 146 Å². The maximum atomic E-state index is 6.59. The van der Waals surface area contributed by atoms with E-state index in [1.54, 1.807) is 11.8 Å². The maximum Gasteiger partial charge on any atom is 0.333 e. The van der Waals surface area contributed by atoms with Crippen LogP contribution in [-0.2, 0) is 5.41 Å². The van der Waals surface area contributed by atoms with Crippen molar-refractivity contribution in [3.63, 3.8) is 0 Å². The monoisotopic (exact) mass is 596 g/mol. The van der Waals surface area contributed by atoms with Crippen LogP contribution in [0, 0.1) is 6.92 Å². The highest BCUT2D eigenvalue weighted by Crippen LogP contribution is 2.56. The first-order valence-corrected chi connectivity index (χ1v) is 16.5. The molecule has 10 rings (SSSR count). The standard InChI is InChI=1S/C40H29BN2OS/c1-24-20-27-26-22-37-35(44-34-18-9-10-19-36(34)45-37)23-32(26)43(25-12-5-4-6-13-25)41-30-16-11-15-29-39(30)42(33(21-24)38(27)41)31-17-8-7-14-28(31)40(29,2)3/h4-23H,1-3H3. The fourth-order valence-corrected chi connectivity index (χ4v) is 9.11. The summed E-state index contributed by atoms with van der Waals surface area (Å²) in [7, 11) is 0. The number of ether oxygens (including phenoxy) is 1. The van der Waals surface area contributed by atoms with Gasteiger partial charge in [0, 0.05) is 39.8 Å². The van der Waals surface area contributed by atoms with Crippen molar-refractivity contribution in [2.24, 2.45) is 0 Å². The molecule has 4 aliphatic rings. The van der Waals surface area contributed by atoms with Crippen molar-refractivity contribution in [3.8, 4) is 22.6 Å². The van der Waals surface area contributed by atoms with Crippen molar-refractivity contribution < 1.29 is 4.74 Å². The van der Waals surface area contributed by atoms with Crippen molar-refractivity contribution >= 4 is 58.0 Å². The van der Waals surface area contributed by atoms with Crippen molar-refractivity contribution in [2.75, 3.05) is 9.71 Å². The Bertz CT molecular complexity index is 2240. The summed E-state index contributed by atoms with van der Waals surface area (Å²) in [6.07, 6.45) is 0. The molecule has 6 aromatic rings. The van der Waals surface area contributed by atoms with Gasteiger partial charge in [-0.3, -0.25) is 0 Å². The first kappa shape index (κ1) is 25.5. The van der Waals surface area contributed by atoms with E-state index in [9.17, 15) is 0 Å². The number of rotatable bonds is 1. The average molecular weight is 597 g/mol. The van der Waals surface area contributed by atoms with E-state index >= 15 is 0 Å². The molecule has 0 fully saturated rings. The number of fused-ring (bicyclic) bond motifs is 8. The van der Waals surface area contributed by atoms with Crippen molar-refractivity contribution in [1.82, 2.24) is 0 Å². The van der Waals surface area contributed by atoms with Crippen LogP contribution >= 0.6 is 11.8 Å². The Morgan fingerprint density at radius 2 is 1.42 bits per heavy atom. The molecule has 0 saturated carbocycles. The molecule has 0 aliphatic carbocycles. The molecule has 0 aromatic heterocycles. The van der Waals surface area contributed by atoms with Crippen LogP contribution in [0.3, 0.4) is 0 Å². The predicted octanol–water partition coefficient (Wildman–Crippen LogP) is 9.60. The van der Waals surface area contributed by atoms with E-state index in [1.807, 2.05) is 6.07 Å². The Morgan fingerprint density at radius 3 is 2.31 bits per heavy atom. The highest BCUT2D eigenvalue weighted by atomic mass is 32.2. The zero-order valence-electron chi connectivity index (χ0n) is 25.3. The van der Waals surface area contributed by atoms with Gasteiger partial charge in [-0.05, 0) is 82.6 Å². The summed E-state index contributed by atoms with van der Waals surface area (Å²) in [5.74, 6) is 1.83. The maximum absolute atomic E-state index is 6.59. The molecular weight excluding hydrogens is 567 g/mol. The quantitative estimate of drug-likeness (QED) is 0.175. The van der Waals surface area contributed by atoms with Gasteiger partial charge in [-0.1, -0.05) is 98.4 Å². The summed E-state index contributed by atoms with van der Waals surface area (Å²) < 4.78 is 6.59. The molecule has 0 atom stereocenters. The van der Waals surface area contributed by atoms with Crippen LogP contribution < -0.4 is 25.4 Å². The minimum atomic E-state index is -0.135. The van der Waals surface area contributed by atoms with Crippen LogP contribution in [0.5, 0.6) is 11.5 Å². The Hall–Kier alpha value is -4.87. The molecule has 3 nitrogen and oxygen atoms in total. The molecule has 5 heteroatoms. The van der Waals surface area contributed by atoms with Crippen LogP contribution in [0.15, 0.2) is 131 Å². The van der Waals surface area contributed by atoms with Gasteiger partial charge in [0.15, 0.2) is 0 Å². The lowest BCUT2D eigenvalue weighted by Gasteiger charge is -2.50. The minimum Gasteiger partial charge on any atom is -0.455 e. The first-order chi connectivity index (χ1) is 22.0. The van der Waals surface area contributed by atoms with Gasteiger partial charge in [-0.2, -0.15) is 0 Å². The van der Waals surface area contributed by atoms with Gasteiger partial charge in [-0.15, -0.1) is 0 Å². The van der Waals surface area contributed by atoms with Gasteiger partial charge >= 0.3 is 6.85 Å². The van der Waals surface area contributed by atoms with E-state index in [0.717, 1.165) is 21.3 Å². The normalized spacial score (nSPS) is 15.6. The van der Waals surface area contributed by atoms with Crippen LogP contribution in [0.2, 0.25) is 0 Å². The van der Waals surface area contributed by atoms with Crippen LogP contribution in [0.4, 0.5) is 28.4 Å². The molecule has 0 spiro atoms. The van der Waals surface area contributed by atoms with Gasteiger partial charge in [0.2, 0.25) is 0 Å². The molecule has 214 valence electrons. The summed E-state index contributed by atoms with van der Waals surface area (Å²) in [5, 5.41) is 0. The van der Waals surface area contributed by atoms with Gasteiger partial charge in [0.05, 0.1) is 15.5 Å². The number of benzene rings is 6. The third-order valence-electron chi connectivity index (χ3n) is 10.1. The summed E-state index contributed by atoms with van der Waals surface area (Å²) in [4.78, 5) is 7.43. The second-order valence-corrected chi connectivity index (χ2v) is 14.1.